The van der Waals surface area contributed by atoms with Gasteiger partial charge in [-0.15, -0.1) is 0 Å². The Hall–Kier alpha value is -0.830. The van der Waals surface area contributed by atoms with Crippen LogP contribution in [0.15, 0.2) is 12.2 Å². The molecule has 0 aliphatic carbocycles. The second-order valence-electron chi connectivity index (χ2n) is 4.35. The number of ether oxygens (including phenoxy) is 1. The molecule has 0 fully saturated rings. The van der Waals surface area contributed by atoms with Crippen LogP contribution in [0.2, 0.25) is 0 Å². The van der Waals surface area contributed by atoms with E-state index in [2.05, 4.69) is 6.58 Å². The van der Waals surface area contributed by atoms with Gasteiger partial charge in [0, 0.05) is 5.57 Å². The van der Waals surface area contributed by atoms with Gasteiger partial charge in [-0.3, -0.25) is 0 Å². The monoisotopic (exact) mass is 199 g/mol. The highest BCUT2D eigenvalue weighted by atomic mass is 16.6. The predicted octanol–water partition coefficient (Wildman–Crippen LogP) is 2.01. The van der Waals surface area contributed by atoms with E-state index in [1.54, 1.807) is 0 Å². The maximum Gasteiger partial charge on any atom is 0.333 e. The number of carbonyl (C=O) groups excluding carboxylic acids is 1. The lowest BCUT2D eigenvalue weighted by Crippen LogP contribution is -2.24. The normalized spacial score (nSPS) is 11.1. The van der Waals surface area contributed by atoms with Gasteiger partial charge in [-0.1, -0.05) is 6.58 Å². The van der Waals surface area contributed by atoms with Crippen molar-refractivity contribution in [2.45, 2.75) is 45.6 Å². The van der Waals surface area contributed by atoms with Crippen molar-refractivity contribution in [3.8, 4) is 0 Å². The minimum Gasteiger partial charge on any atom is -0.457 e. The van der Waals surface area contributed by atoms with Crippen molar-refractivity contribution in [2.75, 3.05) is 6.54 Å². The van der Waals surface area contributed by atoms with Gasteiger partial charge in [0.15, 0.2) is 0 Å². The average Bonchev–Trinajstić information content (AvgIpc) is 2.01. The molecule has 0 spiro atoms. The molecule has 0 aliphatic heterocycles. The molecule has 0 aromatic heterocycles. The lowest BCUT2D eigenvalue weighted by atomic mass is 10.1. The number of esters is 1. The molecule has 2 N–H and O–H groups in total. The topological polar surface area (TPSA) is 52.3 Å². The van der Waals surface area contributed by atoms with Crippen molar-refractivity contribution in [3.05, 3.63) is 12.2 Å². The van der Waals surface area contributed by atoms with Crippen molar-refractivity contribution in [2.24, 2.45) is 5.73 Å². The summed E-state index contributed by atoms with van der Waals surface area (Å²) in [6.45, 7) is 9.89. The Balaban J connectivity index is 3.83. The zero-order chi connectivity index (χ0) is 11.2. The van der Waals surface area contributed by atoms with Crippen LogP contribution in [-0.4, -0.2) is 18.1 Å². The minimum absolute atomic E-state index is 0.297. The molecular formula is C11H21NO2. The van der Waals surface area contributed by atoms with E-state index in [-0.39, 0.29) is 5.97 Å². The first kappa shape index (κ1) is 13.2. The van der Waals surface area contributed by atoms with Crippen molar-refractivity contribution < 1.29 is 9.53 Å². The highest BCUT2D eigenvalue weighted by Crippen LogP contribution is 2.13. The molecule has 0 rings (SSSR count). The summed E-state index contributed by atoms with van der Waals surface area (Å²) in [6.07, 6.45) is 2.49. The fourth-order valence-corrected chi connectivity index (χ4v) is 0.935. The van der Waals surface area contributed by atoms with Gasteiger partial charge in [-0.25, -0.2) is 4.79 Å². The highest BCUT2D eigenvalue weighted by Gasteiger charge is 2.17. The van der Waals surface area contributed by atoms with E-state index in [1.807, 2.05) is 20.8 Å². The first-order valence-electron chi connectivity index (χ1n) is 4.98. The highest BCUT2D eigenvalue weighted by molar-refractivity contribution is 5.87. The first-order valence-corrected chi connectivity index (χ1v) is 4.98. The molecule has 0 heterocycles. The molecule has 14 heavy (non-hydrogen) atoms. The van der Waals surface area contributed by atoms with E-state index < -0.39 is 5.60 Å². The van der Waals surface area contributed by atoms with Gasteiger partial charge in [-0.05, 0) is 46.6 Å². The molecule has 3 heteroatoms. The number of carbonyl (C=O) groups is 1. The Morgan fingerprint density at radius 1 is 1.36 bits per heavy atom. The van der Waals surface area contributed by atoms with Gasteiger partial charge in [0.05, 0.1) is 0 Å². The Labute approximate surface area is 86.3 Å². The Morgan fingerprint density at radius 2 is 1.93 bits per heavy atom. The largest absolute Gasteiger partial charge is 0.457 e. The van der Waals surface area contributed by atoms with E-state index in [0.29, 0.717) is 18.5 Å². The average molecular weight is 199 g/mol. The maximum absolute atomic E-state index is 11.4. The van der Waals surface area contributed by atoms with E-state index in [9.17, 15) is 4.79 Å². The number of hydrogen-bond donors (Lipinski definition) is 1. The molecule has 0 aliphatic rings. The summed E-state index contributed by atoms with van der Waals surface area (Å²) in [6, 6.07) is 0. The molecular weight excluding hydrogens is 178 g/mol. The summed E-state index contributed by atoms with van der Waals surface area (Å²) < 4.78 is 5.16. The third-order valence-corrected chi connectivity index (χ3v) is 1.62. The van der Waals surface area contributed by atoms with Gasteiger partial charge in [0.25, 0.3) is 0 Å². The van der Waals surface area contributed by atoms with E-state index in [1.165, 1.54) is 0 Å². The zero-order valence-electron chi connectivity index (χ0n) is 9.43. The number of nitrogens with two attached hydrogens (primary N) is 1. The summed E-state index contributed by atoms with van der Waals surface area (Å²) in [5, 5.41) is 0. The smallest absolute Gasteiger partial charge is 0.333 e. The van der Waals surface area contributed by atoms with Crippen LogP contribution in [0, 0.1) is 0 Å². The van der Waals surface area contributed by atoms with Gasteiger partial charge >= 0.3 is 5.97 Å². The molecule has 0 saturated carbocycles. The molecule has 0 amide bonds. The van der Waals surface area contributed by atoms with E-state index >= 15 is 0 Å². The number of rotatable bonds is 5. The van der Waals surface area contributed by atoms with Crippen molar-refractivity contribution in [1.29, 1.82) is 0 Å². The van der Waals surface area contributed by atoms with Crippen LogP contribution in [0.1, 0.15) is 40.0 Å². The first-order chi connectivity index (χ1) is 6.37. The van der Waals surface area contributed by atoms with Gasteiger partial charge in [-0.2, -0.15) is 0 Å². The predicted molar refractivity (Wildman–Crippen MR) is 57.9 cm³/mol. The third kappa shape index (κ3) is 6.66. The summed E-state index contributed by atoms with van der Waals surface area (Å²) in [7, 11) is 0. The zero-order valence-corrected chi connectivity index (χ0v) is 9.43. The SMILES string of the molecule is C=C(CCCCN)C(=O)OC(C)(C)C. The maximum atomic E-state index is 11.4. The van der Waals surface area contributed by atoms with Crippen LogP contribution >= 0.6 is 0 Å². The van der Waals surface area contributed by atoms with Crippen LogP contribution in [0.3, 0.4) is 0 Å². The molecule has 3 nitrogen and oxygen atoms in total. The summed E-state index contributed by atoms with van der Waals surface area (Å²) in [5.41, 5.74) is 5.45. The van der Waals surface area contributed by atoms with Crippen LogP contribution in [0.25, 0.3) is 0 Å². The Kier molecular flexibility index (Phi) is 5.46. The van der Waals surface area contributed by atoms with Crippen molar-refractivity contribution >= 4 is 5.97 Å². The molecule has 82 valence electrons. The van der Waals surface area contributed by atoms with Gasteiger partial charge < -0.3 is 10.5 Å². The molecule has 0 radical (unpaired) electrons. The molecule has 0 aromatic rings. The van der Waals surface area contributed by atoms with Crippen molar-refractivity contribution in [3.63, 3.8) is 0 Å². The summed E-state index contributed by atoms with van der Waals surface area (Å²) in [5.74, 6) is -0.297. The van der Waals surface area contributed by atoms with Crippen LogP contribution in [0.5, 0.6) is 0 Å². The lowest BCUT2D eigenvalue weighted by Gasteiger charge is -2.20. The van der Waals surface area contributed by atoms with Gasteiger partial charge in [0.1, 0.15) is 5.60 Å². The van der Waals surface area contributed by atoms with Crippen LogP contribution < -0.4 is 5.73 Å². The van der Waals surface area contributed by atoms with Gasteiger partial charge in [0.2, 0.25) is 0 Å². The summed E-state index contributed by atoms with van der Waals surface area (Å²) in [4.78, 5) is 11.4. The second-order valence-corrected chi connectivity index (χ2v) is 4.35. The van der Waals surface area contributed by atoms with Crippen molar-refractivity contribution in [1.82, 2.24) is 0 Å². The fourth-order valence-electron chi connectivity index (χ4n) is 0.935. The molecule has 0 saturated heterocycles. The van der Waals surface area contributed by atoms with E-state index in [4.69, 9.17) is 10.5 Å². The molecule has 0 unspecified atom stereocenters. The van der Waals surface area contributed by atoms with Crippen LogP contribution in [0.4, 0.5) is 0 Å². The fraction of sp³-hybridized carbons (Fsp3) is 0.727. The standard InChI is InChI=1S/C11H21NO2/c1-9(7-5-6-8-12)10(13)14-11(2,3)4/h1,5-8,12H2,2-4H3. The minimum atomic E-state index is -0.437. The second kappa shape index (κ2) is 5.81. The number of unbranched alkanes of at least 4 members (excludes halogenated alkanes) is 1. The van der Waals surface area contributed by atoms with Crippen LogP contribution in [-0.2, 0) is 9.53 Å². The third-order valence-electron chi connectivity index (χ3n) is 1.62. The summed E-state index contributed by atoms with van der Waals surface area (Å²) >= 11 is 0. The number of hydrogen-bond acceptors (Lipinski definition) is 3. The lowest BCUT2D eigenvalue weighted by molar-refractivity contribution is -0.150. The molecule has 0 aromatic carbocycles. The Morgan fingerprint density at radius 3 is 2.36 bits per heavy atom. The molecule has 0 atom stereocenters. The Bertz CT molecular complexity index is 204. The molecule has 0 bridgehead atoms. The van der Waals surface area contributed by atoms with E-state index in [0.717, 1.165) is 12.8 Å². The quantitative estimate of drug-likeness (QED) is 0.418.